The zero-order chi connectivity index (χ0) is 18.3. The third-order valence-electron chi connectivity index (χ3n) is 5.17. The zero-order valence-corrected chi connectivity index (χ0v) is 14.8. The van der Waals surface area contributed by atoms with Gasteiger partial charge in [0.1, 0.15) is 24.1 Å². The number of esters is 1. The van der Waals surface area contributed by atoms with Crippen LogP contribution in [0.3, 0.4) is 0 Å². The van der Waals surface area contributed by atoms with Gasteiger partial charge in [-0.3, -0.25) is 4.79 Å². The Bertz CT molecular complexity index is 819. The van der Waals surface area contributed by atoms with Crippen LogP contribution in [0.25, 0.3) is 10.8 Å². The summed E-state index contributed by atoms with van der Waals surface area (Å²) in [6, 6.07) is 11.7. The summed E-state index contributed by atoms with van der Waals surface area (Å²) in [6.07, 6.45) is -1.92. The molecule has 0 saturated carbocycles. The molecule has 2 aliphatic heterocycles. The number of methoxy groups -OCH3 is 1. The summed E-state index contributed by atoms with van der Waals surface area (Å²) >= 11 is 0. The lowest BCUT2D eigenvalue weighted by Gasteiger charge is -2.19. The van der Waals surface area contributed by atoms with E-state index in [-0.39, 0.29) is 25.3 Å². The first-order chi connectivity index (χ1) is 12.6. The van der Waals surface area contributed by atoms with Gasteiger partial charge < -0.3 is 24.1 Å². The average Bonchev–Trinajstić information content (AvgIpc) is 3.23. The van der Waals surface area contributed by atoms with Crippen LogP contribution in [0.2, 0.25) is 0 Å². The molecule has 2 aromatic rings. The molecule has 1 N–H and O–H groups in total. The molecule has 2 heterocycles. The maximum Gasteiger partial charge on any atom is 0.313 e. The van der Waals surface area contributed by atoms with Crippen LogP contribution in [0, 0.1) is 0 Å². The van der Waals surface area contributed by atoms with Gasteiger partial charge in [0, 0.05) is 0 Å². The van der Waals surface area contributed by atoms with Crippen molar-refractivity contribution in [2.24, 2.45) is 0 Å². The second-order valence-electron chi connectivity index (χ2n) is 6.83. The van der Waals surface area contributed by atoms with Crippen molar-refractivity contribution >= 4 is 16.7 Å². The summed E-state index contributed by atoms with van der Waals surface area (Å²) in [5, 5.41) is 11.9. The second-order valence-corrected chi connectivity index (χ2v) is 6.83. The third-order valence-corrected chi connectivity index (χ3v) is 5.17. The molecular formula is C20H22O6. The van der Waals surface area contributed by atoms with Crippen molar-refractivity contribution in [1.82, 2.24) is 0 Å². The van der Waals surface area contributed by atoms with Crippen molar-refractivity contribution in [3.63, 3.8) is 0 Å². The Balaban J connectivity index is 1.47. The van der Waals surface area contributed by atoms with Crippen molar-refractivity contribution < 1.29 is 28.8 Å². The fourth-order valence-electron chi connectivity index (χ4n) is 3.57. The number of carbonyl (C=O) groups excluding carboxylic acids is 1. The quantitative estimate of drug-likeness (QED) is 0.843. The van der Waals surface area contributed by atoms with E-state index in [9.17, 15) is 9.90 Å². The summed E-state index contributed by atoms with van der Waals surface area (Å²) in [5.41, 5.74) is 0.885. The van der Waals surface area contributed by atoms with Crippen LogP contribution < -0.4 is 4.74 Å². The molecule has 2 aromatic carbocycles. The highest BCUT2D eigenvalue weighted by Crippen LogP contribution is 2.31. The summed E-state index contributed by atoms with van der Waals surface area (Å²) in [5.74, 6) is 0.0660. The molecule has 4 rings (SSSR count). The van der Waals surface area contributed by atoms with Gasteiger partial charge in [-0.15, -0.1) is 0 Å². The van der Waals surface area contributed by atoms with E-state index >= 15 is 0 Å². The summed E-state index contributed by atoms with van der Waals surface area (Å²) in [7, 11) is 1.64. The Kier molecular flexibility index (Phi) is 4.56. The van der Waals surface area contributed by atoms with Crippen LogP contribution in [0.1, 0.15) is 18.4 Å². The molecular weight excluding hydrogens is 336 g/mol. The summed E-state index contributed by atoms with van der Waals surface area (Å²) < 4.78 is 21.9. The van der Waals surface area contributed by atoms with Gasteiger partial charge >= 0.3 is 5.97 Å². The van der Waals surface area contributed by atoms with Gasteiger partial charge in [0.05, 0.1) is 26.2 Å². The summed E-state index contributed by atoms with van der Waals surface area (Å²) in [4.78, 5) is 12.6. The molecule has 0 unspecified atom stereocenters. The Morgan fingerprint density at radius 3 is 2.65 bits per heavy atom. The van der Waals surface area contributed by atoms with E-state index in [0.717, 1.165) is 22.1 Å². The maximum atomic E-state index is 12.6. The monoisotopic (exact) mass is 358 g/mol. The topological polar surface area (TPSA) is 74.2 Å². The van der Waals surface area contributed by atoms with E-state index in [1.54, 1.807) is 7.11 Å². The van der Waals surface area contributed by atoms with Gasteiger partial charge in [-0.25, -0.2) is 0 Å². The highest BCUT2D eigenvalue weighted by molar-refractivity contribution is 5.86. The van der Waals surface area contributed by atoms with Crippen LogP contribution in [0.15, 0.2) is 36.4 Å². The van der Waals surface area contributed by atoms with Gasteiger partial charge in [0.2, 0.25) is 0 Å². The molecule has 6 heteroatoms. The van der Waals surface area contributed by atoms with E-state index in [0.29, 0.717) is 0 Å². The van der Waals surface area contributed by atoms with E-state index in [2.05, 4.69) is 0 Å². The SMILES string of the molecule is COc1ccc2cc([C@H](C)C(=O)O[C@@H]3CO[C@H]4[C@@H]3OC[C@H]4O)ccc2c1. The molecule has 6 nitrogen and oxygen atoms in total. The molecule has 0 amide bonds. The molecule has 0 radical (unpaired) electrons. The largest absolute Gasteiger partial charge is 0.497 e. The van der Waals surface area contributed by atoms with E-state index in [1.165, 1.54) is 0 Å². The fourth-order valence-corrected chi connectivity index (χ4v) is 3.57. The van der Waals surface area contributed by atoms with Crippen molar-refractivity contribution in [2.45, 2.75) is 37.3 Å². The number of carbonyl (C=O) groups is 1. The molecule has 2 aliphatic rings. The first-order valence-corrected chi connectivity index (χ1v) is 8.76. The smallest absolute Gasteiger partial charge is 0.313 e. The van der Waals surface area contributed by atoms with Crippen LogP contribution >= 0.6 is 0 Å². The van der Waals surface area contributed by atoms with Gasteiger partial charge in [-0.05, 0) is 35.4 Å². The highest BCUT2D eigenvalue weighted by Gasteiger charge is 2.49. The second kappa shape index (κ2) is 6.87. The van der Waals surface area contributed by atoms with Crippen LogP contribution in [0.4, 0.5) is 0 Å². The fraction of sp³-hybridized carbons (Fsp3) is 0.450. The normalized spacial score (nSPS) is 28.7. The van der Waals surface area contributed by atoms with Crippen molar-refractivity contribution in [1.29, 1.82) is 0 Å². The molecule has 0 bridgehead atoms. The minimum atomic E-state index is -0.654. The van der Waals surface area contributed by atoms with E-state index < -0.39 is 24.2 Å². The molecule has 0 spiro atoms. The van der Waals surface area contributed by atoms with Crippen molar-refractivity contribution in [2.75, 3.05) is 20.3 Å². The van der Waals surface area contributed by atoms with Gasteiger partial charge in [-0.1, -0.05) is 24.3 Å². The molecule has 138 valence electrons. The first kappa shape index (κ1) is 17.3. The van der Waals surface area contributed by atoms with Crippen molar-refractivity contribution in [3.8, 4) is 5.75 Å². The third kappa shape index (κ3) is 3.05. The number of hydrogen-bond donors (Lipinski definition) is 1. The molecule has 5 atom stereocenters. The number of rotatable bonds is 4. The van der Waals surface area contributed by atoms with E-state index in [1.807, 2.05) is 43.3 Å². The Labute approximate surface area is 151 Å². The minimum absolute atomic E-state index is 0.215. The van der Waals surface area contributed by atoms with Crippen LogP contribution in [0.5, 0.6) is 5.75 Å². The lowest BCUT2D eigenvalue weighted by atomic mass is 9.97. The Morgan fingerprint density at radius 1 is 1.12 bits per heavy atom. The van der Waals surface area contributed by atoms with E-state index in [4.69, 9.17) is 18.9 Å². The number of benzene rings is 2. The van der Waals surface area contributed by atoms with Gasteiger partial charge in [0.25, 0.3) is 0 Å². The number of aliphatic hydroxyl groups is 1. The average molecular weight is 358 g/mol. The highest BCUT2D eigenvalue weighted by atomic mass is 16.6. The van der Waals surface area contributed by atoms with Gasteiger partial charge in [-0.2, -0.15) is 0 Å². The summed E-state index contributed by atoms with van der Waals surface area (Å²) in [6.45, 7) is 2.29. The van der Waals surface area contributed by atoms with Crippen LogP contribution in [-0.4, -0.2) is 55.8 Å². The lowest BCUT2D eigenvalue weighted by Crippen LogP contribution is -2.35. The van der Waals surface area contributed by atoms with Gasteiger partial charge in [0.15, 0.2) is 6.10 Å². The molecule has 0 aromatic heterocycles. The first-order valence-electron chi connectivity index (χ1n) is 8.76. The Hall–Kier alpha value is -2.15. The number of fused-ring (bicyclic) bond motifs is 2. The number of hydrogen-bond acceptors (Lipinski definition) is 6. The maximum absolute atomic E-state index is 12.6. The molecule has 2 saturated heterocycles. The lowest BCUT2D eigenvalue weighted by molar-refractivity contribution is -0.155. The molecule has 26 heavy (non-hydrogen) atoms. The zero-order valence-electron chi connectivity index (χ0n) is 14.8. The predicted octanol–water partition coefficient (Wildman–Crippen LogP) is 2.02. The van der Waals surface area contributed by atoms with Crippen LogP contribution in [-0.2, 0) is 19.0 Å². The molecule has 0 aliphatic carbocycles. The number of ether oxygens (including phenoxy) is 4. The number of aliphatic hydroxyl groups excluding tert-OH is 1. The minimum Gasteiger partial charge on any atom is -0.497 e. The van der Waals surface area contributed by atoms with Crippen molar-refractivity contribution in [3.05, 3.63) is 42.0 Å². The molecule has 2 fully saturated rings. The predicted molar refractivity (Wildman–Crippen MR) is 94.3 cm³/mol. The Morgan fingerprint density at radius 2 is 1.85 bits per heavy atom. The standard InChI is InChI=1S/C20H22O6/c1-11(12-3-4-14-8-15(23-2)6-5-13(14)7-12)20(22)26-17-10-25-18-16(21)9-24-19(17)18/h3-8,11,16-19,21H,9-10H2,1-2H3/t11-,16+,17+,18+,19+/m0/s1.